The van der Waals surface area contributed by atoms with Gasteiger partial charge in [-0.2, -0.15) is 0 Å². The van der Waals surface area contributed by atoms with Crippen molar-refractivity contribution in [1.82, 2.24) is 14.9 Å². The molecule has 0 saturated carbocycles. The first-order valence-corrected chi connectivity index (χ1v) is 8.16. The van der Waals surface area contributed by atoms with Gasteiger partial charge in [-0.25, -0.2) is 13.5 Å². The molecule has 0 spiro atoms. The highest BCUT2D eigenvalue weighted by molar-refractivity contribution is 7.99. The highest BCUT2D eigenvalue weighted by atomic mass is 32.2. The molecule has 0 aliphatic rings. The van der Waals surface area contributed by atoms with Crippen molar-refractivity contribution in [2.24, 2.45) is 0 Å². The summed E-state index contributed by atoms with van der Waals surface area (Å²) in [5, 5.41) is 10.9. The van der Waals surface area contributed by atoms with Crippen LogP contribution in [0.25, 0.3) is 11.4 Å². The lowest BCUT2D eigenvalue weighted by Gasteiger charge is -2.05. The Kier molecular flexibility index (Phi) is 4.94. The van der Waals surface area contributed by atoms with E-state index in [0.29, 0.717) is 22.2 Å². The Hall–Kier alpha value is -2.94. The summed E-state index contributed by atoms with van der Waals surface area (Å²) in [6.07, 6.45) is 0. The van der Waals surface area contributed by atoms with Crippen molar-refractivity contribution in [3.05, 3.63) is 60.2 Å². The Morgan fingerprint density at radius 3 is 2.28 bits per heavy atom. The number of thioether (sulfide) groups is 1. The zero-order chi connectivity index (χ0) is 17.8. The molecule has 1 aromatic heterocycles. The van der Waals surface area contributed by atoms with Crippen molar-refractivity contribution in [2.45, 2.75) is 5.16 Å². The zero-order valence-electron chi connectivity index (χ0n) is 12.8. The predicted molar refractivity (Wildman–Crippen MR) is 91.3 cm³/mol. The first kappa shape index (κ1) is 16.9. The number of nitrogens with two attached hydrogens (primary N) is 1. The van der Waals surface area contributed by atoms with Gasteiger partial charge in [-0.05, 0) is 48.5 Å². The monoisotopic (exact) mass is 361 g/mol. The molecule has 0 radical (unpaired) electrons. The summed E-state index contributed by atoms with van der Waals surface area (Å²) in [6, 6.07) is 11.1. The Morgan fingerprint density at radius 2 is 1.64 bits per heavy atom. The van der Waals surface area contributed by atoms with E-state index >= 15 is 0 Å². The summed E-state index contributed by atoms with van der Waals surface area (Å²) in [5.74, 6) is 5.32. The summed E-state index contributed by atoms with van der Waals surface area (Å²) >= 11 is 1.10. The second-order valence-corrected chi connectivity index (χ2v) is 5.97. The molecule has 0 saturated heterocycles. The molecule has 1 heterocycles. The molecule has 1 amide bonds. The molecule has 0 unspecified atom stereocenters. The number of nitrogens with one attached hydrogen (secondary N) is 1. The van der Waals surface area contributed by atoms with E-state index in [4.69, 9.17) is 5.84 Å². The first-order valence-electron chi connectivity index (χ1n) is 7.17. The number of hydrogen-bond donors (Lipinski definition) is 2. The van der Waals surface area contributed by atoms with Gasteiger partial charge in [-0.15, -0.1) is 10.2 Å². The van der Waals surface area contributed by atoms with Crippen LogP contribution in [0.4, 0.5) is 14.5 Å². The number of anilines is 1. The molecule has 0 fully saturated rings. The number of nitrogens with zero attached hydrogens (tertiary/aromatic N) is 3. The molecule has 0 aliphatic carbocycles. The number of nitrogen functional groups attached to an aromatic ring is 1. The molecular formula is C16H13F2N5OS. The van der Waals surface area contributed by atoms with Crippen LogP contribution in [0.3, 0.4) is 0 Å². The van der Waals surface area contributed by atoms with Crippen LogP contribution < -0.4 is 11.2 Å². The fourth-order valence-electron chi connectivity index (χ4n) is 2.03. The minimum atomic E-state index is -0.378. The molecule has 25 heavy (non-hydrogen) atoms. The molecule has 0 bridgehead atoms. The van der Waals surface area contributed by atoms with Gasteiger partial charge in [0.15, 0.2) is 5.82 Å². The average Bonchev–Trinajstić information content (AvgIpc) is 2.97. The number of carbonyl (C=O) groups excluding carboxylic acids is 1. The molecule has 0 atom stereocenters. The first-order chi connectivity index (χ1) is 12.0. The van der Waals surface area contributed by atoms with Crippen molar-refractivity contribution in [3.8, 4) is 11.4 Å². The maximum Gasteiger partial charge on any atom is 0.234 e. The second-order valence-electron chi connectivity index (χ2n) is 5.03. The second kappa shape index (κ2) is 7.31. The van der Waals surface area contributed by atoms with Gasteiger partial charge in [0.1, 0.15) is 11.6 Å². The van der Waals surface area contributed by atoms with Gasteiger partial charge in [-0.3, -0.25) is 4.79 Å². The Labute approximate surface area is 146 Å². The third-order valence-electron chi connectivity index (χ3n) is 3.23. The third-order valence-corrected chi connectivity index (χ3v) is 4.17. The summed E-state index contributed by atoms with van der Waals surface area (Å²) in [5.41, 5.74) is 1.10. The summed E-state index contributed by atoms with van der Waals surface area (Å²) in [7, 11) is 0. The van der Waals surface area contributed by atoms with Crippen molar-refractivity contribution >= 4 is 23.4 Å². The van der Waals surface area contributed by atoms with Gasteiger partial charge in [0.05, 0.1) is 5.75 Å². The Bertz CT molecular complexity index is 881. The van der Waals surface area contributed by atoms with Crippen molar-refractivity contribution in [1.29, 1.82) is 0 Å². The van der Waals surface area contributed by atoms with Crippen LogP contribution in [0.5, 0.6) is 0 Å². The van der Waals surface area contributed by atoms with Crippen LogP contribution in [0.1, 0.15) is 0 Å². The van der Waals surface area contributed by atoms with Crippen molar-refractivity contribution in [2.75, 3.05) is 16.9 Å². The van der Waals surface area contributed by atoms with E-state index in [1.54, 1.807) is 12.1 Å². The number of carbonyl (C=O) groups is 1. The molecule has 6 nitrogen and oxygen atoms in total. The Morgan fingerprint density at radius 1 is 1.04 bits per heavy atom. The van der Waals surface area contributed by atoms with Gasteiger partial charge in [0, 0.05) is 11.3 Å². The SMILES string of the molecule is Nn1c(SCC(=O)Nc2ccc(F)cc2)nnc1-c1ccc(F)cc1. The molecule has 3 aromatic rings. The standard InChI is InChI=1S/C16H13F2N5OS/c17-11-3-1-10(2-4-11)15-21-22-16(23(15)19)25-9-14(24)20-13-7-5-12(18)6-8-13/h1-8H,9,19H2,(H,20,24). The van der Waals surface area contributed by atoms with Gasteiger partial charge in [0.2, 0.25) is 11.1 Å². The molecule has 2 aromatic carbocycles. The van der Waals surface area contributed by atoms with Gasteiger partial charge in [0.25, 0.3) is 0 Å². The van der Waals surface area contributed by atoms with Crippen LogP contribution in [0, 0.1) is 11.6 Å². The van der Waals surface area contributed by atoms with Crippen molar-refractivity contribution in [3.63, 3.8) is 0 Å². The normalized spacial score (nSPS) is 10.6. The van der Waals surface area contributed by atoms with Crippen LogP contribution >= 0.6 is 11.8 Å². The van der Waals surface area contributed by atoms with E-state index in [-0.39, 0.29) is 23.3 Å². The highest BCUT2D eigenvalue weighted by Gasteiger charge is 2.14. The van der Waals surface area contributed by atoms with Crippen molar-refractivity contribution < 1.29 is 13.6 Å². The van der Waals surface area contributed by atoms with Gasteiger partial charge >= 0.3 is 0 Å². The minimum Gasteiger partial charge on any atom is -0.335 e. The van der Waals surface area contributed by atoms with E-state index in [0.717, 1.165) is 11.8 Å². The molecular weight excluding hydrogens is 348 g/mol. The van der Waals surface area contributed by atoms with E-state index in [9.17, 15) is 13.6 Å². The predicted octanol–water partition coefficient (Wildman–Crippen LogP) is 2.67. The van der Waals surface area contributed by atoms with E-state index in [1.165, 1.54) is 41.1 Å². The molecule has 3 N–H and O–H groups in total. The van der Waals surface area contributed by atoms with Crippen LogP contribution in [-0.4, -0.2) is 26.5 Å². The summed E-state index contributed by atoms with van der Waals surface area (Å²) < 4.78 is 27.0. The zero-order valence-corrected chi connectivity index (χ0v) is 13.6. The largest absolute Gasteiger partial charge is 0.335 e. The van der Waals surface area contributed by atoms with Crippen LogP contribution in [-0.2, 0) is 4.79 Å². The van der Waals surface area contributed by atoms with Crippen LogP contribution in [0.15, 0.2) is 53.7 Å². The number of amides is 1. The number of benzene rings is 2. The smallest absolute Gasteiger partial charge is 0.234 e. The number of aromatic nitrogens is 3. The lowest BCUT2D eigenvalue weighted by atomic mass is 10.2. The number of hydrogen-bond acceptors (Lipinski definition) is 5. The van der Waals surface area contributed by atoms with Crippen LogP contribution in [0.2, 0.25) is 0 Å². The lowest BCUT2D eigenvalue weighted by molar-refractivity contribution is -0.113. The fourth-order valence-corrected chi connectivity index (χ4v) is 2.69. The molecule has 128 valence electrons. The number of halogens is 2. The van der Waals surface area contributed by atoms with Gasteiger partial charge in [-0.1, -0.05) is 11.8 Å². The van der Waals surface area contributed by atoms with Gasteiger partial charge < -0.3 is 11.2 Å². The third kappa shape index (κ3) is 4.13. The summed E-state index contributed by atoms with van der Waals surface area (Å²) in [4.78, 5) is 11.9. The average molecular weight is 361 g/mol. The summed E-state index contributed by atoms with van der Waals surface area (Å²) in [6.45, 7) is 0. The molecule has 0 aliphatic heterocycles. The molecule has 3 rings (SSSR count). The Balaban J connectivity index is 1.62. The fraction of sp³-hybridized carbons (Fsp3) is 0.0625. The quantitative estimate of drug-likeness (QED) is 0.539. The van der Waals surface area contributed by atoms with E-state index < -0.39 is 0 Å². The number of rotatable bonds is 5. The minimum absolute atomic E-state index is 0.0517. The maximum atomic E-state index is 13.0. The van der Waals surface area contributed by atoms with E-state index in [2.05, 4.69) is 15.5 Å². The lowest BCUT2D eigenvalue weighted by Crippen LogP contribution is -2.16. The molecule has 9 heteroatoms. The highest BCUT2D eigenvalue weighted by Crippen LogP contribution is 2.22. The topological polar surface area (TPSA) is 85.8 Å². The maximum absolute atomic E-state index is 13.0. The van der Waals surface area contributed by atoms with E-state index in [1.807, 2.05) is 0 Å².